The van der Waals surface area contributed by atoms with Gasteiger partial charge in [0.25, 0.3) is 0 Å². The molecule has 0 saturated heterocycles. The van der Waals surface area contributed by atoms with Crippen molar-refractivity contribution in [1.82, 2.24) is 5.43 Å². The normalized spacial score (nSPS) is 10.8. The summed E-state index contributed by atoms with van der Waals surface area (Å²) in [5, 5.41) is 4.10. The molecular weight excluding hydrogens is 583 g/mol. The average molecular weight is 607 g/mol. The second kappa shape index (κ2) is 12.6. The van der Waals surface area contributed by atoms with Crippen LogP contribution < -0.4 is 14.9 Å². The molecule has 0 atom stereocenters. The molecule has 0 unspecified atom stereocenters. The van der Waals surface area contributed by atoms with Crippen molar-refractivity contribution < 1.29 is 14.3 Å². The lowest BCUT2D eigenvalue weighted by atomic mass is 10.1. The van der Waals surface area contributed by atoms with E-state index in [4.69, 9.17) is 9.47 Å². The van der Waals surface area contributed by atoms with Gasteiger partial charge in [-0.2, -0.15) is 5.10 Å². The lowest BCUT2D eigenvalue weighted by molar-refractivity contribution is -0.121. The van der Waals surface area contributed by atoms with Crippen molar-refractivity contribution in [2.45, 2.75) is 26.4 Å². The predicted molar refractivity (Wildman–Crippen MR) is 139 cm³/mol. The highest BCUT2D eigenvalue weighted by Crippen LogP contribution is 2.34. The standard InChI is InChI=1S/C25H24BrIN2O3/c1-2-31-23-15-20(16-28-29-24(30)13-10-18-6-4-3-5-7-18)14-22(27)25(23)32-17-19-8-11-21(26)12-9-19/h3-9,11-12,14-16H,2,10,13,17H2,1H3,(H,29,30)/b28-16-. The molecule has 0 aliphatic heterocycles. The monoisotopic (exact) mass is 606 g/mol. The van der Waals surface area contributed by atoms with Crippen LogP contribution in [0.2, 0.25) is 0 Å². The van der Waals surface area contributed by atoms with E-state index in [-0.39, 0.29) is 5.91 Å². The molecule has 0 radical (unpaired) electrons. The van der Waals surface area contributed by atoms with Crippen LogP contribution in [0, 0.1) is 3.57 Å². The van der Waals surface area contributed by atoms with Gasteiger partial charge in [-0.25, -0.2) is 5.43 Å². The van der Waals surface area contributed by atoms with Crippen molar-refractivity contribution in [2.75, 3.05) is 6.61 Å². The number of nitrogens with zero attached hydrogens (tertiary/aromatic N) is 1. The fraction of sp³-hybridized carbons (Fsp3) is 0.200. The number of aryl methyl sites for hydroxylation is 1. The van der Waals surface area contributed by atoms with Gasteiger partial charge in [-0.05, 0) is 76.9 Å². The third-order valence-corrected chi connectivity index (χ3v) is 5.84. The summed E-state index contributed by atoms with van der Waals surface area (Å²) in [5.74, 6) is 1.21. The molecule has 0 heterocycles. The Balaban J connectivity index is 1.61. The van der Waals surface area contributed by atoms with Crippen molar-refractivity contribution in [3.63, 3.8) is 0 Å². The Bertz CT molecular complexity index is 1060. The number of benzene rings is 3. The van der Waals surface area contributed by atoms with Gasteiger partial charge in [-0.1, -0.05) is 58.4 Å². The Morgan fingerprint density at radius 1 is 1.06 bits per heavy atom. The molecule has 0 aromatic heterocycles. The summed E-state index contributed by atoms with van der Waals surface area (Å²) in [6.45, 7) is 2.88. The molecule has 5 nitrogen and oxygen atoms in total. The van der Waals surface area contributed by atoms with E-state index in [1.165, 1.54) is 0 Å². The minimum atomic E-state index is -0.126. The smallest absolute Gasteiger partial charge is 0.240 e. The van der Waals surface area contributed by atoms with Crippen LogP contribution in [0.4, 0.5) is 0 Å². The number of nitrogens with one attached hydrogen (secondary N) is 1. The number of ether oxygens (including phenoxy) is 2. The molecule has 0 aliphatic rings. The quantitative estimate of drug-likeness (QED) is 0.172. The largest absolute Gasteiger partial charge is 0.490 e. The summed E-state index contributed by atoms with van der Waals surface area (Å²) in [7, 11) is 0. The first-order chi connectivity index (χ1) is 15.5. The number of hydrogen-bond donors (Lipinski definition) is 1. The number of halogens is 2. The summed E-state index contributed by atoms with van der Waals surface area (Å²) in [6.07, 6.45) is 2.68. The topological polar surface area (TPSA) is 59.9 Å². The van der Waals surface area contributed by atoms with Crippen LogP contribution in [0.1, 0.15) is 30.0 Å². The first kappa shape index (κ1) is 24.3. The average Bonchev–Trinajstić information content (AvgIpc) is 2.79. The molecule has 3 aromatic carbocycles. The zero-order valence-corrected chi connectivity index (χ0v) is 21.4. The van der Waals surface area contributed by atoms with Crippen LogP contribution >= 0.6 is 38.5 Å². The van der Waals surface area contributed by atoms with Crippen LogP contribution in [0.3, 0.4) is 0 Å². The second-order valence-electron chi connectivity index (χ2n) is 6.96. The molecule has 7 heteroatoms. The molecule has 1 N–H and O–H groups in total. The van der Waals surface area contributed by atoms with Crippen LogP contribution in [-0.2, 0) is 17.8 Å². The second-order valence-corrected chi connectivity index (χ2v) is 9.03. The van der Waals surface area contributed by atoms with Crippen molar-refractivity contribution in [2.24, 2.45) is 5.10 Å². The Labute approximate surface area is 210 Å². The maximum absolute atomic E-state index is 12.1. The zero-order valence-electron chi connectivity index (χ0n) is 17.7. The maximum atomic E-state index is 12.1. The molecule has 0 bridgehead atoms. The molecule has 0 spiro atoms. The van der Waals surface area contributed by atoms with E-state index in [1.807, 2.05) is 73.7 Å². The summed E-state index contributed by atoms with van der Waals surface area (Å²) in [4.78, 5) is 12.1. The lowest BCUT2D eigenvalue weighted by Gasteiger charge is -2.15. The molecule has 0 aliphatic carbocycles. The third kappa shape index (κ3) is 7.63. The van der Waals surface area contributed by atoms with Crippen LogP contribution in [0.5, 0.6) is 11.5 Å². The SMILES string of the molecule is CCOc1cc(/C=N\NC(=O)CCc2ccccc2)cc(I)c1OCc1ccc(Br)cc1. The van der Waals surface area contributed by atoms with Gasteiger partial charge in [0.1, 0.15) is 6.61 Å². The summed E-state index contributed by atoms with van der Waals surface area (Å²) < 4.78 is 13.8. The number of carbonyl (C=O) groups is 1. The van der Waals surface area contributed by atoms with Gasteiger partial charge >= 0.3 is 0 Å². The number of carbonyl (C=O) groups excluding carboxylic acids is 1. The first-order valence-electron chi connectivity index (χ1n) is 10.2. The van der Waals surface area contributed by atoms with Gasteiger partial charge in [-0.3, -0.25) is 4.79 Å². The first-order valence-corrected chi connectivity index (χ1v) is 12.1. The van der Waals surface area contributed by atoms with Crippen molar-refractivity contribution in [3.05, 3.63) is 91.5 Å². The molecule has 32 heavy (non-hydrogen) atoms. The number of hydrazone groups is 1. The minimum absolute atomic E-state index is 0.126. The molecule has 3 aromatic rings. The fourth-order valence-corrected chi connectivity index (χ4v) is 3.98. The number of amides is 1. The lowest BCUT2D eigenvalue weighted by Crippen LogP contribution is -2.17. The van der Waals surface area contributed by atoms with Gasteiger partial charge in [0.05, 0.1) is 16.4 Å². The van der Waals surface area contributed by atoms with Gasteiger partial charge in [-0.15, -0.1) is 0 Å². The van der Waals surface area contributed by atoms with E-state index in [9.17, 15) is 4.79 Å². The van der Waals surface area contributed by atoms with E-state index in [0.29, 0.717) is 37.6 Å². The van der Waals surface area contributed by atoms with Crippen LogP contribution in [0.25, 0.3) is 0 Å². The molecule has 0 fully saturated rings. The third-order valence-electron chi connectivity index (χ3n) is 4.51. The predicted octanol–water partition coefficient (Wildman–Crippen LogP) is 6.11. The van der Waals surface area contributed by atoms with E-state index >= 15 is 0 Å². The molecule has 166 valence electrons. The van der Waals surface area contributed by atoms with E-state index < -0.39 is 0 Å². The van der Waals surface area contributed by atoms with Gasteiger partial charge in [0, 0.05) is 10.9 Å². The number of hydrogen-bond acceptors (Lipinski definition) is 4. The highest BCUT2D eigenvalue weighted by molar-refractivity contribution is 14.1. The van der Waals surface area contributed by atoms with Gasteiger partial charge < -0.3 is 9.47 Å². The molecule has 1 amide bonds. The Morgan fingerprint density at radius 2 is 1.81 bits per heavy atom. The Kier molecular flexibility index (Phi) is 9.55. The van der Waals surface area contributed by atoms with Gasteiger partial charge in [0.2, 0.25) is 5.91 Å². The van der Waals surface area contributed by atoms with E-state index in [1.54, 1.807) is 6.21 Å². The highest BCUT2D eigenvalue weighted by Gasteiger charge is 2.12. The van der Waals surface area contributed by atoms with E-state index in [2.05, 4.69) is 49.0 Å². The van der Waals surface area contributed by atoms with Crippen molar-refractivity contribution >= 4 is 50.6 Å². The number of rotatable bonds is 10. The summed E-state index contributed by atoms with van der Waals surface area (Å²) in [5.41, 5.74) is 5.60. The van der Waals surface area contributed by atoms with Crippen LogP contribution in [-0.4, -0.2) is 18.7 Å². The summed E-state index contributed by atoms with van der Waals surface area (Å²) in [6, 6.07) is 21.7. The molecule has 0 saturated carbocycles. The maximum Gasteiger partial charge on any atom is 0.240 e. The highest BCUT2D eigenvalue weighted by atomic mass is 127. The zero-order chi connectivity index (χ0) is 22.8. The Morgan fingerprint density at radius 3 is 2.53 bits per heavy atom. The van der Waals surface area contributed by atoms with Gasteiger partial charge in [0.15, 0.2) is 11.5 Å². The summed E-state index contributed by atoms with van der Waals surface area (Å²) >= 11 is 5.66. The van der Waals surface area contributed by atoms with Crippen molar-refractivity contribution in [1.29, 1.82) is 0 Å². The Hall–Kier alpha value is -2.39. The fourth-order valence-electron chi connectivity index (χ4n) is 2.94. The van der Waals surface area contributed by atoms with Crippen molar-refractivity contribution in [3.8, 4) is 11.5 Å². The molecule has 3 rings (SSSR count). The van der Waals surface area contributed by atoms with E-state index in [0.717, 1.165) is 24.7 Å². The van der Waals surface area contributed by atoms with Crippen LogP contribution in [0.15, 0.2) is 76.3 Å². The molecular formula is C25H24BrIN2O3. The minimum Gasteiger partial charge on any atom is -0.490 e.